The van der Waals surface area contributed by atoms with Crippen LogP contribution in [0.1, 0.15) is 49.7 Å². The Morgan fingerprint density at radius 2 is 1.42 bits per heavy atom. The van der Waals surface area contributed by atoms with Gasteiger partial charge in [-0.3, -0.25) is 0 Å². The van der Waals surface area contributed by atoms with Gasteiger partial charge in [0.15, 0.2) is 0 Å². The first-order valence-corrected chi connectivity index (χ1v) is 7.97. The predicted molar refractivity (Wildman–Crippen MR) is 80.8 cm³/mol. The average molecular weight is 252 g/mol. The highest BCUT2D eigenvalue weighted by Gasteiger charge is 2.49. The van der Waals surface area contributed by atoms with Gasteiger partial charge in [0, 0.05) is 0 Å². The van der Waals surface area contributed by atoms with Crippen LogP contribution in [-0.4, -0.2) is 0 Å². The van der Waals surface area contributed by atoms with Crippen LogP contribution < -0.4 is 0 Å². The largest absolute Gasteiger partial charge is 0.0777 e. The molecule has 4 bridgehead atoms. The van der Waals surface area contributed by atoms with Gasteiger partial charge in [0.1, 0.15) is 0 Å². The monoisotopic (exact) mass is 252 g/mol. The van der Waals surface area contributed by atoms with E-state index in [9.17, 15) is 0 Å². The molecule has 4 aliphatic carbocycles. The van der Waals surface area contributed by atoms with Crippen molar-refractivity contribution in [1.29, 1.82) is 0 Å². The summed E-state index contributed by atoms with van der Waals surface area (Å²) in [5.74, 6) is 3.15. The van der Waals surface area contributed by atoms with E-state index in [2.05, 4.69) is 43.3 Å². The molecule has 0 aromatic heterocycles. The molecule has 19 heavy (non-hydrogen) atoms. The highest BCUT2D eigenvalue weighted by molar-refractivity contribution is 5.50. The molecular formula is C19H24. The third kappa shape index (κ3) is 2.16. The van der Waals surface area contributed by atoms with Gasteiger partial charge in [0.2, 0.25) is 0 Å². The van der Waals surface area contributed by atoms with Crippen molar-refractivity contribution in [3.05, 3.63) is 41.5 Å². The molecule has 0 saturated heterocycles. The minimum absolute atomic E-state index is 0.569. The van der Waals surface area contributed by atoms with Crippen molar-refractivity contribution in [3.63, 3.8) is 0 Å². The van der Waals surface area contributed by atoms with E-state index in [1.54, 1.807) is 0 Å². The van der Waals surface area contributed by atoms with E-state index in [4.69, 9.17) is 0 Å². The number of hydrogen-bond donors (Lipinski definition) is 0. The Labute approximate surface area is 116 Å². The number of allylic oxidation sites excluding steroid dienone is 1. The molecule has 0 radical (unpaired) electrons. The van der Waals surface area contributed by atoms with Crippen LogP contribution >= 0.6 is 0 Å². The van der Waals surface area contributed by atoms with Gasteiger partial charge in [-0.25, -0.2) is 0 Å². The summed E-state index contributed by atoms with van der Waals surface area (Å²) in [5, 5.41) is 0. The van der Waals surface area contributed by atoms with Gasteiger partial charge in [-0.15, -0.1) is 0 Å². The zero-order valence-electron chi connectivity index (χ0n) is 11.9. The molecule has 100 valence electrons. The molecule has 0 aliphatic heterocycles. The van der Waals surface area contributed by atoms with Gasteiger partial charge < -0.3 is 0 Å². The lowest BCUT2D eigenvalue weighted by Crippen LogP contribution is -2.44. The molecule has 4 fully saturated rings. The van der Waals surface area contributed by atoms with E-state index in [1.165, 1.54) is 49.7 Å². The second-order valence-electron chi connectivity index (χ2n) is 7.52. The van der Waals surface area contributed by atoms with Gasteiger partial charge in [0.05, 0.1) is 0 Å². The summed E-state index contributed by atoms with van der Waals surface area (Å²) < 4.78 is 0. The quantitative estimate of drug-likeness (QED) is 0.676. The van der Waals surface area contributed by atoms with Crippen molar-refractivity contribution < 1.29 is 0 Å². The first-order chi connectivity index (χ1) is 9.21. The second-order valence-corrected chi connectivity index (χ2v) is 7.52. The molecule has 4 aliphatic rings. The summed E-state index contributed by atoms with van der Waals surface area (Å²) in [4.78, 5) is 0. The van der Waals surface area contributed by atoms with Crippen LogP contribution in [0.5, 0.6) is 0 Å². The normalized spacial score (nSPS) is 40.2. The zero-order chi connectivity index (χ0) is 12.9. The van der Waals surface area contributed by atoms with Crippen LogP contribution in [0.4, 0.5) is 0 Å². The van der Waals surface area contributed by atoms with Crippen molar-refractivity contribution >= 4 is 6.08 Å². The van der Waals surface area contributed by atoms with E-state index in [0.717, 1.165) is 17.8 Å². The van der Waals surface area contributed by atoms with E-state index in [1.807, 2.05) is 0 Å². The van der Waals surface area contributed by atoms with Crippen molar-refractivity contribution in [2.24, 2.45) is 23.2 Å². The molecule has 4 saturated carbocycles. The van der Waals surface area contributed by atoms with Crippen LogP contribution in [0.2, 0.25) is 0 Å². The third-order valence-corrected chi connectivity index (χ3v) is 5.79. The smallest absolute Gasteiger partial charge is 0.0107 e. The summed E-state index contributed by atoms with van der Waals surface area (Å²) in [6.45, 7) is 2.16. The highest BCUT2D eigenvalue weighted by Crippen LogP contribution is 2.60. The molecule has 0 N–H and O–H groups in total. The molecular weight excluding hydrogens is 228 g/mol. The molecule has 0 heteroatoms. The predicted octanol–water partition coefficient (Wildman–Crippen LogP) is 5.22. The van der Waals surface area contributed by atoms with E-state index in [-0.39, 0.29) is 0 Å². The van der Waals surface area contributed by atoms with Crippen molar-refractivity contribution in [2.75, 3.05) is 0 Å². The first kappa shape index (κ1) is 11.8. The Kier molecular flexibility index (Phi) is 2.62. The average Bonchev–Trinajstić information content (AvgIpc) is 2.36. The van der Waals surface area contributed by atoms with Gasteiger partial charge >= 0.3 is 0 Å². The molecule has 5 rings (SSSR count). The summed E-state index contributed by atoms with van der Waals surface area (Å²) in [6.07, 6.45) is 14.0. The number of rotatable bonds is 2. The Morgan fingerprint density at radius 1 is 0.895 bits per heavy atom. The minimum atomic E-state index is 0.569. The second kappa shape index (κ2) is 4.23. The van der Waals surface area contributed by atoms with Gasteiger partial charge in [0.25, 0.3) is 0 Å². The first-order valence-electron chi connectivity index (χ1n) is 7.97. The highest BCUT2D eigenvalue weighted by atomic mass is 14.5. The maximum Gasteiger partial charge on any atom is -0.0107 e. The lowest BCUT2D eigenvalue weighted by Gasteiger charge is -2.55. The zero-order valence-corrected chi connectivity index (χ0v) is 11.9. The van der Waals surface area contributed by atoms with Crippen LogP contribution in [0, 0.1) is 30.1 Å². The lowest BCUT2D eigenvalue weighted by molar-refractivity contribution is -0.0232. The molecule has 0 spiro atoms. The summed E-state index contributed by atoms with van der Waals surface area (Å²) >= 11 is 0. The SMILES string of the molecule is Cc1ccc(/C=C/C23CC4CC(CC(C4)C2)C3)cc1. The van der Waals surface area contributed by atoms with Crippen LogP contribution in [0.25, 0.3) is 6.08 Å². The molecule has 1 aromatic rings. The van der Waals surface area contributed by atoms with Gasteiger partial charge in [-0.2, -0.15) is 0 Å². The molecule has 0 nitrogen and oxygen atoms in total. The Hall–Kier alpha value is -1.04. The number of aryl methyl sites for hydroxylation is 1. The van der Waals surface area contributed by atoms with Gasteiger partial charge in [-0.1, -0.05) is 42.0 Å². The fourth-order valence-electron chi connectivity index (χ4n) is 5.33. The Morgan fingerprint density at radius 3 is 1.95 bits per heavy atom. The molecule has 1 aromatic carbocycles. The van der Waals surface area contributed by atoms with Gasteiger partial charge in [-0.05, 0) is 74.2 Å². The van der Waals surface area contributed by atoms with E-state index in [0.29, 0.717) is 5.41 Å². The van der Waals surface area contributed by atoms with Crippen molar-refractivity contribution in [3.8, 4) is 0 Å². The van der Waals surface area contributed by atoms with E-state index < -0.39 is 0 Å². The molecule has 0 unspecified atom stereocenters. The van der Waals surface area contributed by atoms with Crippen LogP contribution in [0.15, 0.2) is 30.3 Å². The van der Waals surface area contributed by atoms with Crippen molar-refractivity contribution in [1.82, 2.24) is 0 Å². The third-order valence-electron chi connectivity index (χ3n) is 5.79. The number of benzene rings is 1. The standard InChI is InChI=1S/C19H24/c1-14-2-4-15(5-3-14)6-7-19-11-16-8-17(12-19)10-18(9-16)13-19/h2-7,16-18H,8-13H2,1H3/b7-6+. The molecule has 0 amide bonds. The Balaban J connectivity index is 1.57. The fraction of sp³-hybridized carbons (Fsp3) is 0.579. The minimum Gasteiger partial charge on any atom is -0.0777 e. The van der Waals surface area contributed by atoms with Crippen LogP contribution in [-0.2, 0) is 0 Å². The fourth-order valence-corrected chi connectivity index (χ4v) is 5.33. The number of hydrogen-bond acceptors (Lipinski definition) is 0. The summed E-state index contributed by atoms with van der Waals surface area (Å²) in [7, 11) is 0. The van der Waals surface area contributed by atoms with E-state index >= 15 is 0 Å². The Bertz CT molecular complexity index is 456. The summed E-state index contributed by atoms with van der Waals surface area (Å²) in [5.41, 5.74) is 3.30. The molecule has 0 heterocycles. The van der Waals surface area contributed by atoms with Crippen molar-refractivity contribution in [2.45, 2.75) is 45.4 Å². The molecule has 0 atom stereocenters. The van der Waals surface area contributed by atoms with Crippen LogP contribution in [0.3, 0.4) is 0 Å². The lowest BCUT2D eigenvalue weighted by atomic mass is 9.49. The topological polar surface area (TPSA) is 0 Å². The summed E-state index contributed by atoms with van der Waals surface area (Å²) in [6, 6.07) is 8.96. The maximum absolute atomic E-state index is 2.59. The maximum atomic E-state index is 2.59.